The number of aliphatic hydroxyl groups excluding tert-OH is 1. The number of fused-ring (bicyclic) bond motifs is 1. The van der Waals surface area contributed by atoms with E-state index in [2.05, 4.69) is 14.6 Å². The smallest absolute Gasteiger partial charge is 0.190 e. The summed E-state index contributed by atoms with van der Waals surface area (Å²) in [6.07, 6.45) is -1.06. The summed E-state index contributed by atoms with van der Waals surface area (Å²) in [5.41, 5.74) is 2.94. The highest BCUT2D eigenvalue weighted by atomic mass is 19.1. The zero-order valence-electron chi connectivity index (χ0n) is 18.8. The fourth-order valence-electron chi connectivity index (χ4n) is 4.64. The Kier molecular flexibility index (Phi) is 6.92. The van der Waals surface area contributed by atoms with Gasteiger partial charge in [-0.15, -0.1) is 0 Å². The third-order valence-corrected chi connectivity index (χ3v) is 6.52. The third kappa shape index (κ3) is 4.85. The second-order valence-corrected chi connectivity index (χ2v) is 8.59. The molecule has 0 spiro atoms. The zero-order chi connectivity index (χ0) is 23.5. The summed E-state index contributed by atoms with van der Waals surface area (Å²) in [7, 11) is 1.42. The Morgan fingerprint density at radius 3 is 2.85 bits per heavy atom. The fraction of sp³-hybridized carbons (Fsp3) is 0.440. The second-order valence-electron chi connectivity index (χ2n) is 8.59. The average Bonchev–Trinajstić information content (AvgIpc) is 2.83. The van der Waals surface area contributed by atoms with Gasteiger partial charge in [0.05, 0.1) is 38.1 Å². The maximum absolute atomic E-state index is 14.5. The molecular formula is C25H27FN4O3. The topological polar surface area (TPSA) is 73.3 Å². The number of piperazine rings is 1. The van der Waals surface area contributed by atoms with E-state index < -0.39 is 11.9 Å². The summed E-state index contributed by atoms with van der Waals surface area (Å²) in [6.45, 7) is 13.1. The number of benzene rings is 2. The van der Waals surface area contributed by atoms with Crippen LogP contribution in [0.25, 0.3) is 4.85 Å². The van der Waals surface area contributed by atoms with Crippen LogP contribution in [0.1, 0.15) is 34.5 Å². The fourth-order valence-corrected chi connectivity index (χ4v) is 4.64. The molecule has 2 aliphatic rings. The number of nitrogens with zero attached hydrogens (tertiary/aromatic N) is 4. The summed E-state index contributed by atoms with van der Waals surface area (Å²) in [5.74, 6) is -0.356. The maximum atomic E-state index is 14.5. The predicted molar refractivity (Wildman–Crippen MR) is 121 cm³/mol. The molecule has 1 unspecified atom stereocenters. The van der Waals surface area contributed by atoms with Crippen molar-refractivity contribution in [1.82, 2.24) is 9.80 Å². The van der Waals surface area contributed by atoms with Crippen LogP contribution >= 0.6 is 0 Å². The monoisotopic (exact) mass is 450 g/mol. The molecule has 2 aromatic rings. The van der Waals surface area contributed by atoms with Crippen molar-refractivity contribution >= 4 is 5.69 Å². The number of nitriles is 1. The highest BCUT2D eigenvalue weighted by Gasteiger charge is 2.35. The van der Waals surface area contributed by atoms with Crippen LogP contribution in [0.3, 0.4) is 0 Å². The van der Waals surface area contributed by atoms with E-state index in [0.717, 1.165) is 36.8 Å². The predicted octanol–water partition coefficient (Wildman–Crippen LogP) is 3.36. The normalized spacial score (nSPS) is 22.1. The summed E-state index contributed by atoms with van der Waals surface area (Å²) < 4.78 is 25.8. The summed E-state index contributed by atoms with van der Waals surface area (Å²) in [4.78, 5) is 8.05. The van der Waals surface area contributed by atoms with Crippen LogP contribution in [-0.4, -0.2) is 67.4 Å². The van der Waals surface area contributed by atoms with E-state index in [1.807, 2.05) is 31.2 Å². The Bertz CT molecular complexity index is 1110. The first kappa shape index (κ1) is 23.2. The number of hydrogen-bond donors (Lipinski definition) is 1. The molecule has 2 fully saturated rings. The minimum atomic E-state index is -1.03. The zero-order valence-corrected chi connectivity index (χ0v) is 18.8. The summed E-state index contributed by atoms with van der Waals surface area (Å²) >= 11 is 0. The SMILES string of the molecule is [C-]#[N+]c1ccc([C@H]2CN3CCN(CC(O)c4cc(OC)c(C#N)cc4F)C[C@@H]3CO2)cc1C. The molecule has 2 aromatic carbocycles. The molecule has 8 heteroatoms. The molecule has 2 aliphatic heterocycles. The number of rotatable bonds is 5. The highest BCUT2D eigenvalue weighted by Crippen LogP contribution is 2.31. The molecule has 3 atom stereocenters. The molecule has 172 valence electrons. The van der Waals surface area contributed by atoms with Gasteiger partial charge in [0.15, 0.2) is 5.69 Å². The molecule has 0 aliphatic carbocycles. The molecule has 0 bridgehead atoms. The van der Waals surface area contributed by atoms with Gasteiger partial charge in [0.1, 0.15) is 17.6 Å². The number of β-amino-alcohol motifs (C(OH)–C–C–N with tert-alkyl or cyclic N) is 1. The van der Waals surface area contributed by atoms with E-state index >= 15 is 0 Å². The van der Waals surface area contributed by atoms with Crippen LogP contribution in [0.4, 0.5) is 10.1 Å². The van der Waals surface area contributed by atoms with Gasteiger partial charge in [0, 0.05) is 44.3 Å². The third-order valence-electron chi connectivity index (χ3n) is 6.52. The van der Waals surface area contributed by atoms with Crippen molar-refractivity contribution in [2.75, 3.05) is 46.4 Å². The van der Waals surface area contributed by atoms with Gasteiger partial charge in [-0.05, 0) is 30.2 Å². The van der Waals surface area contributed by atoms with Gasteiger partial charge < -0.3 is 14.6 Å². The average molecular weight is 451 g/mol. The van der Waals surface area contributed by atoms with Gasteiger partial charge in [0.2, 0.25) is 0 Å². The van der Waals surface area contributed by atoms with Gasteiger partial charge in [-0.2, -0.15) is 5.26 Å². The molecule has 0 saturated carbocycles. The lowest BCUT2D eigenvalue weighted by Gasteiger charge is -2.46. The molecular weight excluding hydrogens is 423 g/mol. The minimum Gasteiger partial charge on any atom is -0.495 e. The molecule has 0 radical (unpaired) electrons. The van der Waals surface area contributed by atoms with Crippen LogP contribution in [-0.2, 0) is 4.74 Å². The van der Waals surface area contributed by atoms with Crippen LogP contribution in [0.15, 0.2) is 30.3 Å². The number of halogens is 1. The van der Waals surface area contributed by atoms with Gasteiger partial charge in [-0.1, -0.05) is 18.2 Å². The van der Waals surface area contributed by atoms with E-state index in [-0.39, 0.29) is 35.6 Å². The lowest BCUT2D eigenvalue weighted by Crippen LogP contribution is -2.58. The highest BCUT2D eigenvalue weighted by molar-refractivity contribution is 5.53. The van der Waals surface area contributed by atoms with E-state index in [1.54, 1.807) is 0 Å². The first-order chi connectivity index (χ1) is 15.9. The number of ether oxygens (including phenoxy) is 2. The first-order valence-corrected chi connectivity index (χ1v) is 10.9. The standard InChI is InChI=1S/C25H27FN4O3/c1-16-8-17(4-5-22(16)28-2)25-14-30-7-6-29(12-19(30)15-33-25)13-23(31)20-10-24(32-3)18(11-27)9-21(20)26/h4-5,8-10,19,23,25,31H,6-7,12-15H2,1,3H3/t19-,23?,25-/m1/s1. The number of morpholine rings is 1. The Labute approximate surface area is 193 Å². The quantitative estimate of drug-likeness (QED) is 0.705. The van der Waals surface area contributed by atoms with Gasteiger partial charge in [0.25, 0.3) is 0 Å². The summed E-state index contributed by atoms with van der Waals surface area (Å²) in [5, 5.41) is 19.8. The van der Waals surface area contributed by atoms with Gasteiger partial charge in [-0.3, -0.25) is 9.80 Å². The van der Waals surface area contributed by atoms with Gasteiger partial charge in [-0.25, -0.2) is 9.24 Å². The largest absolute Gasteiger partial charge is 0.495 e. The van der Waals surface area contributed by atoms with Crippen molar-refractivity contribution < 1.29 is 19.0 Å². The Morgan fingerprint density at radius 1 is 1.33 bits per heavy atom. The summed E-state index contributed by atoms with van der Waals surface area (Å²) in [6, 6.07) is 10.5. The van der Waals surface area contributed by atoms with Crippen LogP contribution < -0.4 is 4.74 Å². The van der Waals surface area contributed by atoms with Crippen molar-refractivity contribution in [2.24, 2.45) is 0 Å². The lowest BCUT2D eigenvalue weighted by molar-refractivity contribution is -0.0938. The lowest BCUT2D eigenvalue weighted by atomic mass is 10.0. The van der Waals surface area contributed by atoms with Crippen molar-refractivity contribution in [2.45, 2.75) is 25.2 Å². The van der Waals surface area contributed by atoms with E-state index in [4.69, 9.17) is 21.3 Å². The maximum Gasteiger partial charge on any atom is 0.190 e. The van der Waals surface area contributed by atoms with Crippen LogP contribution in [0.5, 0.6) is 5.75 Å². The Morgan fingerprint density at radius 2 is 2.15 bits per heavy atom. The molecule has 2 heterocycles. The Balaban J connectivity index is 1.37. The second kappa shape index (κ2) is 9.86. The van der Waals surface area contributed by atoms with E-state index in [0.29, 0.717) is 18.8 Å². The molecule has 7 nitrogen and oxygen atoms in total. The number of hydrogen-bond acceptors (Lipinski definition) is 6. The Hall–Kier alpha value is -3.01. The first-order valence-electron chi connectivity index (χ1n) is 10.9. The van der Waals surface area contributed by atoms with Crippen molar-refractivity contribution in [3.63, 3.8) is 0 Å². The van der Waals surface area contributed by atoms with E-state index in [9.17, 15) is 9.50 Å². The molecule has 0 aromatic heterocycles. The molecule has 2 saturated heterocycles. The molecule has 0 amide bonds. The number of aryl methyl sites for hydroxylation is 1. The molecule has 4 rings (SSSR count). The molecule has 1 N–H and O–H groups in total. The van der Waals surface area contributed by atoms with Gasteiger partial charge >= 0.3 is 0 Å². The number of methoxy groups -OCH3 is 1. The van der Waals surface area contributed by atoms with Crippen molar-refractivity contribution in [3.05, 3.63) is 69.8 Å². The molecule has 33 heavy (non-hydrogen) atoms. The van der Waals surface area contributed by atoms with Crippen LogP contribution in [0.2, 0.25) is 0 Å². The minimum absolute atomic E-state index is 0.0305. The van der Waals surface area contributed by atoms with Crippen molar-refractivity contribution in [3.8, 4) is 11.8 Å². The number of aliphatic hydroxyl groups is 1. The van der Waals surface area contributed by atoms with Crippen LogP contribution in [0, 0.1) is 30.6 Å². The van der Waals surface area contributed by atoms with Crippen molar-refractivity contribution in [1.29, 1.82) is 5.26 Å². The van der Waals surface area contributed by atoms with E-state index in [1.165, 1.54) is 13.2 Å².